The van der Waals surface area contributed by atoms with Gasteiger partial charge in [-0.3, -0.25) is 9.59 Å². The van der Waals surface area contributed by atoms with Crippen LogP contribution in [0.5, 0.6) is 0 Å². The van der Waals surface area contributed by atoms with Gasteiger partial charge >= 0.3 is 11.9 Å². The fourth-order valence-electron chi connectivity index (χ4n) is 18.8. The Bertz CT molecular complexity index is 1590. The number of rotatable bonds is 9. The Kier molecular flexibility index (Phi) is 14.7. The number of aliphatic hydroxyl groups is 1. The molecular formula is C57H96O5. The van der Waals surface area contributed by atoms with Gasteiger partial charge in [0, 0.05) is 32.3 Å². The van der Waals surface area contributed by atoms with Crippen LogP contribution in [-0.4, -0.2) is 35.9 Å². The van der Waals surface area contributed by atoms with Crippen molar-refractivity contribution in [3.8, 4) is 0 Å². The maximum atomic E-state index is 12.2. The van der Waals surface area contributed by atoms with Crippen LogP contribution in [0.15, 0.2) is 12.2 Å². The van der Waals surface area contributed by atoms with E-state index in [1.54, 1.807) is 13.8 Å². The summed E-state index contributed by atoms with van der Waals surface area (Å²) in [4.78, 5) is 24.3. The number of carbonyl (C=O) groups is 2. The minimum absolute atomic E-state index is 0.0615. The first-order valence-corrected chi connectivity index (χ1v) is 26.8. The van der Waals surface area contributed by atoms with E-state index in [1.165, 1.54) is 96.3 Å². The second-order valence-electron chi connectivity index (χ2n) is 25.7. The number of ether oxygens (including phenoxy) is 2. The van der Waals surface area contributed by atoms with Crippen molar-refractivity contribution in [1.29, 1.82) is 0 Å². The number of esters is 2. The molecule has 1 N–H and O–H groups in total. The molecule has 0 radical (unpaired) electrons. The molecule has 0 heterocycles. The van der Waals surface area contributed by atoms with Crippen molar-refractivity contribution in [2.45, 2.75) is 211 Å². The molecule has 62 heavy (non-hydrogen) atoms. The maximum Gasteiger partial charge on any atom is 0.302 e. The molecule has 0 aromatic heterocycles. The molecule has 5 heteroatoms. The monoisotopic (exact) mass is 861 g/mol. The highest BCUT2D eigenvalue weighted by atomic mass is 16.5. The lowest BCUT2D eigenvalue weighted by atomic mass is 9.43. The molecule has 6 unspecified atom stereocenters. The predicted molar refractivity (Wildman–Crippen MR) is 254 cm³/mol. The summed E-state index contributed by atoms with van der Waals surface area (Å²) in [5.41, 5.74) is 1.56. The van der Waals surface area contributed by atoms with Crippen molar-refractivity contribution >= 4 is 11.9 Å². The van der Waals surface area contributed by atoms with Gasteiger partial charge in [0.15, 0.2) is 0 Å². The Labute approximate surface area is 381 Å². The van der Waals surface area contributed by atoms with Crippen molar-refractivity contribution in [2.24, 2.45) is 116 Å². The molecule has 354 valence electrons. The number of allylic oxidation sites excluding steroid dienone is 2. The molecule has 8 aliphatic carbocycles. The minimum atomic E-state index is -0.0956. The molecule has 0 saturated heterocycles. The van der Waals surface area contributed by atoms with E-state index in [2.05, 4.69) is 88.3 Å². The third kappa shape index (κ3) is 8.70. The van der Waals surface area contributed by atoms with Gasteiger partial charge in [-0.2, -0.15) is 0 Å². The van der Waals surface area contributed by atoms with Crippen LogP contribution < -0.4 is 0 Å². The number of aliphatic hydroxyl groups excluding tert-OH is 1. The van der Waals surface area contributed by atoms with Crippen molar-refractivity contribution < 1.29 is 24.2 Å². The van der Waals surface area contributed by atoms with E-state index in [4.69, 9.17) is 9.47 Å². The van der Waals surface area contributed by atoms with Crippen molar-refractivity contribution in [3.05, 3.63) is 12.2 Å². The molecule has 5 nitrogen and oxygen atoms in total. The molecule has 0 amide bonds. The van der Waals surface area contributed by atoms with Crippen LogP contribution in [0.1, 0.15) is 199 Å². The summed E-state index contributed by atoms with van der Waals surface area (Å²) in [6, 6.07) is 0. The third-order valence-electron chi connectivity index (χ3n) is 22.2. The van der Waals surface area contributed by atoms with Gasteiger partial charge in [-0.15, -0.1) is 0 Å². The van der Waals surface area contributed by atoms with E-state index in [-0.39, 0.29) is 24.1 Å². The van der Waals surface area contributed by atoms with E-state index in [1.807, 2.05) is 0 Å². The number of hydrogen-bond acceptors (Lipinski definition) is 5. The summed E-state index contributed by atoms with van der Waals surface area (Å²) in [5.74, 6) is 10.6. The summed E-state index contributed by atoms with van der Waals surface area (Å²) in [6.07, 6.45) is 27.4. The number of hydrogen-bond donors (Lipinski definition) is 1. The average Bonchev–Trinajstić information content (AvgIpc) is 3.75. The minimum Gasteiger partial charge on any atom is -0.462 e. The molecule has 21 atom stereocenters. The van der Waals surface area contributed by atoms with E-state index in [0.717, 1.165) is 48.3 Å². The first-order valence-electron chi connectivity index (χ1n) is 26.8. The SMILES string of the molecule is CC(=O)OC1C[C@@H]2C[C@@H](C)CC[C@]2(C)C2CC[C@@]3(C)C(CC[C@@H]3[C@H](C)CO)[C@H]12.CC[C@H](/C=C/[C@@H](C)[C@H]1CCC2[C@@H]3C(OC(C)=O)C[C@@H]4C[C@@H](C)CC[C@]4(C)C3CC[C@@]21C)C(C)C. The summed E-state index contributed by atoms with van der Waals surface area (Å²) >= 11 is 0. The molecule has 8 fully saturated rings. The van der Waals surface area contributed by atoms with Gasteiger partial charge in [0.1, 0.15) is 12.2 Å². The van der Waals surface area contributed by atoms with Crippen LogP contribution in [0, 0.1) is 116 Å². The lowest BCUT2D eigenvalue weighted by Crippen LogP contribution is -2.59. The van der Waals surface area contributed by atoms with Crippen LogP contribution in [0.2, 0.25) is 0 Å². The van der Waals surface area contributed by atoms with Crippen LogP contribution in [0.25, 0.3) is 0 Å². The van der Waals surface area contributed by atoms with Gasteiger partial charge in [-0.25, -0.2) is 0 Å². The quantitative estimate of drug-likeness (QED) is 0.185. The summed E-state index contributed by atoms with van der Waals surface area (Å²) < 4.78 is 12.3. The van der Waals surface area contributed by atoms with E-state index in [0.29, 0.717) is 87.4 Å². The molecule has 0 aromatic carbocycles. The van der Waals surface area contributed by atoms with Gasteiger partial charge in [0.05, 0.1) is 0 Å². The zero-order valence-electron chi connectivity index (χ0n) is 42.4. The third-order valence-corrected chi connectivity index (χ3v) is 22.2. The lowest BCUT2D eigenvalue weighted by Gasteiger charge is -2.63. The summed E-state index contributed by atoms with van der Waals surface area (Å²) in [6.45, 7) is 30.5. The first kappa shape index (κ1) is 48.6. The van der Waals surface area contributed by atoms with Crippen molar-refractivity contribution in [2.75, 3.05) is 6.61 Å². The Morgan fingerprint density at radius 1 is 0.597 bits per heavy atom. The largest absolute Gasteiger partial charge is 0.462 e. The van der Waals surface area contributed by atoms with Crippen LogP contribution >= 0.6 is 0 Å². The molecule has 0 bridgehead atoms. The van der Waals surface area contributed by atoms with E-state index < -0.39 is 0 Å². The molecule has 8 rings (SSSR count). The fourth-order valence-corrected chi connectivity index (χ4v) is 18.8. The fraction of sp³-hybridized carbons (Fsp3) is 0.930. The number of fused-ring (bicyclic) bond motifs is 10. The van der Waals surface area contributed by atoms with Gasteiger partial charge in [0.2, 0.25) is 0 Å². The summed E-state index contributed by atoms with van der Waals surface area (Å²) in [7, 11) is 0. The Morgan fingerprint density at radius 3 is 1.44 bits per heavy atom. The predicted octanol–water partition coefficient (Wildman–Crippen LogP) is 14.1. The second kappa shape index (κ2) is 18.7. The molecule has 0 aliphatic heterocycles. The molecule has 8 saturated carbocycles. The lowest BCUT2D eigenvalue weighted by molar-refractivity contribution is -0.191. The zero-order valence-corrected chi connectivity index (χ0v) is 42.4. The highest BCUT2D eigenvalue weighted by Gasteiger charge is 2.65. The average molecular weight is 861 g/mol. The smallest absolute Gasteiger partial charge is 0.302 e. The van der Waals surface area contributed by atoms with E-state index in [9.17, 15) is 14.7 Å². The van der Waals surface area contributed by atoms with E-state index >= 15 is 0 Å². The number of carbonyl (C=O) groups excluding carboxylic acids is 2. The molecule has 0 spiro atoms. The Balaban J connectivity index is 0.000000190. The first-order chi connectivity index (χ1) is 29.2. The highest BCUT2D eigenvalue weighted by molar-refractivity contribution is 5.66. The second-order valence-corrected chi connectivity index (χ2v) is 25.7. The van der Waals surface area contributed by atoms with Crippen molar-refractivity contribution in [3.63, 3.8) is 0 Å². The van der Waals surface area contributed by atoms with Gasteiger partial charge < -0.3 is 14.6 Å². The highest BCUT2D eigenvalue weighted by Crippen LogP contribution is 2.71. The molecular weight excluding hydrogens is 765 g/mol. The zero-order chi connectivity index (χ0) is 45.1. The van der Waals surface area contributed by atoms with Crippen molar-refractivity contribution in [1.82, 2.24) is 0 Å². The topological polar surface area (TPSA) is 72.8 Å². The van der Waals surface area contributed by atoms with Crippen LogP contribution in [0.4, 0.5) is 0 Å². The molecule has 8 aliphatic rings. The standard InChI is InChI=1S/C32H54O2.C25H42O3/c1-9-24(20(2)3)11-10-22(5)26-12-13-27-30-28(15-17-32(26,27)8)31(7)16-14-21(4)18-25(31)19-29(30)34-23(6)33;1-15-8-10-24(4)18(12-15)13-22(28-17(3)27)23-20-7-6-19(16(2)14-26)25(20,5)11-9-21(23)24/h10-11,20-22,24-30H,9,12-19H2,1-8H3;15-16,18-23,26H,6-14H2,1-5H3/b11-10+;/t21-,22+,24+,25-,26+,27?,28?,29?,30-,31-,32+;15-,16+,18-,19+,20?,21?,22?,23-,24-,25+/m00/s1. The Hall–Kier alpha value is -1.36. The maximum absolute atomic E-state index is 12.2. The van der Waals surface area contributed by atoms with Gasteiger partial charge in [-0.1, -0.05) is 101 Å². The summed E-state index contributed by atoms with van der Waals surface area (Å²) in [5, 5.41) is 9.85. The van der Waals surface area contributed by atoms with Gasteiger partial charge in [0.25, 0.3) is 0 Å². The van der Waals surface area contributed by atoms with Crippen LogP contribution in [0.3, 0.4) is 0 Å². The van der Waals surface area contributed by atoms with Gasteiger partial charge in [-0.05, 0) is 201 Å². The Morgan fingerprint density at radius 2 is 1.02 bits per heavy atom. The molecule has 0 aromatic rings. The normalized spacial score (nSPS) is 48.5. The van der Waals surface area contributed by atoms with Crippen LogP contribution in [-0.2, 0) is 19.1 Å².